The Hall–Kier alpha value is -2.71. The van der Waals surface area contributed by atoms with Gasteiger partial charge < -0.3 is 15.4 Å². The molecule has 0 atom stereocenters. The number of amides is 1. The molecule has 1 saturated heterocycles. The fraction of sp³-hybridized carbons (Fsp3) is 0.409. The number of aryl methyl sites for hydroxylation is 1. The highest BCUT2D eigenvalue weighted by Crippen LogP contribution is 2.46. The lowest BCUT2D eigenvalue weighted by molar-refractivity contribution is -0.140. The largest absolute Gasteiger partial charge is 0.384 e. The van der Waals surface area contributed by atoms with Crippen LogP contribution in [0.5, 0.6) is 0 Å². The van der Waals surface area contributed by atoms with Gasteiger partial charge in [-0.25, -0.2) is 4.98 Å². The number of fused-ring (bicyclic) bond motifs is 2. The highest BCUT2D eigenvalue weighted by molar-refractivity contribution is 7.15. The first-order chi connectivity index (χ1) is 14.6. The summed E-state index contributed by atoms with van der Waals surface area (Å²) in [7, 11) is 0. The molecule has 3 aromatic heterocycles. The number of nitrogens with zero attached hydrogens (tertiary/aromatic N) is 4. The molecule has 0 radical (unpaired) electrons. The van der Waals surface area contributed by atoms with Gasteiger partial charge in [0.1, 0.15) is 5.82 Å². The molecule has 1 spiro atoms. The number of nitrogens with two attached hydrogens (primary N) is 1. The van der Waals surface area contributed by atoms with Crippen molar-refractivity contribution in [2.75, 3.05) is 25.4 Å². The lowest BCUT2D eigenvalue weighted by Gasteiger charge is -2.44. The van der Waals surface area contributed by atoms with Crippen molar-refractivity contribution in [1.82, 2.24) is 19.7 Å². The second-order valence-corrected chi connectivity index (χ2v) is 9.02. The molecule has 0 aliphatic carbocycles. The zero-order valence-electron chi connectivity index (χ0n) is 16.8. The number of carbonyl (C=O) groups is 1. The molecule has 1 amide bonds. The van der Waals surface area contributed by atoms with Crippen LogP contribution in [0.3, 0.4) is 0 Å². The number of likely N-dealkylation sites (tertiary alicyclic amines) is 1. The van der Waals surface area contributed by atoms with Gasteiger partial charge in [-0.15, -0.1) is 11.3 Å². The fourth-order valence-corrected chi connectivity index (χ4v) is 5.66. The van der Waals surface area contributed by atoms with E-state index in [9.17, 15) is 4.79 Å². The maximum absolute atomic E-state index is 12.7. The van der Waals surface area contributed by atoms with Gasteiger partial charge in [-0.1, -0.05) is 6.07 Å². The van der Waals surface area contributed by atoms with Crippen LogP contribution in [0, 0.1) is 0 Å². The Balaban J connectivity index is 1.30. The maximum atomic E-state index is 12.7. The Labute approximate surface area is 179 Å². The molecule has 5 heterocycles. The van der Waals surface area contributed by atoms with Crippen LogP contribution >= 0.6 is 11.3 Å². The summed E-state index contributed by atoms with van der Waals surface area (Å²) in [5, 5.41) is 4.17. The van der Waals surface area contributed by atoms with Crippen LogP contribution < -0.4 is 5.73 Å². The molecule has 2 N–H and O–H groups in total. The van der Waals surface area contributed by atoms with Gasteiger partial charge in [-0.05, 0) is 42.7 Å². The number of rotatable bonds is 4. The van der Waals surface area contributed by atoms with Crippen molar-refractivity contribution in [3.05, 3.63) is 53.2 Å². The van der Waals surface area contributed by atoms with Crippen molar-refractivity contribution in [1.29, 1.82) is 0 Å². The van der Waals surface area contributed by atoms with Gasteiger partial charge in [0.05, 0.1) is 22.8 Å². The van der Waals surface area contributed by atoms with Crippen LogP contribution in [0.15, 0.2) is 42.7 Å². The normalized spacial score (nSPS) is 17.8. The fourth-order valence-electron chi connectivity index (χ4n) is 4.46. The Morgan fingerprint density at radius 3 is 2.90 bits per heavy atom. The molecule has 1 fully saturated rings. The molecular formula is C22H25N5O2S. The summed E-state index contributed by atoms with van der Waals surface area (Å²) >= 11 is 1.79. The lowest BCUT2D eigenvalue weighted by Crippen LogP contribution is -2.48. The maximum Gasteiger partial charge on any atom is 0.224 e. The van der Waals surface area contributed by atoms with Crippen molar-refractivity contribution in [2.45, 2.75) is 37.8 Å². The van der Waals surface area contributed by atoms with Crippen LogP contribution in [0.25, 0.3) is 10.6 Å². The zero-order valence-corrected chi connectivity index (χ0v) is 17.6. The molecule has 0 unspecified atom stereocenters. The van der Waals surface area contributed by atoms with E-state index in [2.05, 4.69) is 16.1 Å². The SMILES string of the molecule is Nc1cccc(-c2cc3c(s2)CCOC32CCN(C(=O)CCn3cccn3)CC2)n1. The van der Waals surface area contributed by atoms with E-state index in [4.69, 9.17) is 10.5 Å². The predicted molar refractivity (Wildman–Crippen MR) is 116 cm³/mol. The predicted octanol–water partition coefficient (Wildman–Crippen LogP) is 3.07. The Kier molecular flexibility index (Phi) is 5.04. The molecule has 30 heavy (non-hydrogen) atoms. The Morgan fingerprint density at radius 1 is 1.27 bits per heavy atom. The number of carbonyl (C=O) groups excluding carboxylic acids is 1. The van der Waals surface area contributed by atoms with Gasteiger partial charge >= 0.3 is 0 Å². The van der Waals surface area contributed by atoms with E-state index in [1.807, 2.05) is 29.3 Å². The number of ether oxygens (including phenoxy) is 1. The average Bonchev–Trinajstić information content (AvgIpc) is 3.43. The molecular weight excluding hydrogens is 398 g/mol. The number of nitrogen functional groups attached to an aromatic ring is 1. The van der Waals surface area contributed by atoms with E-state index in [1.54, 1.807) is 28.3 Å². The van der Waals surface area contributed by atoms with Crippen LogP contribution in [-0.2, 0) is 28.1 Å². The molecule has 3 aromatic rings. The monoisotopic (exact) mass is 423 g/mol. The van der Waals surface area contributed by atoms with Gasteiger partial charge in [0.2, 0.25) is 5.91 Å². The second kappa shape index (κ2) is 7.85. The average molecular weight is 424 g/mol. The first-order valence-electron chi connectivity index (χ1n) is 10.4. The minimum absolute atomic E-state index is 0.186. The first-order valence-corrected chi connectivity index (χ1v) is 11.2. The quantitative estimate of drug-likeness (QED) is 0.697. The molecule has 8 heteroatoms. The topological polar surface area (TPSA) is 86.3 Å². The van der Waals surface area contributed by atoms with E-state index in [1.165, 1.54) is 10.4 Å². The van der Waals surface area contributed by atoms with E-state index < -0.39 is 0 Å². The van der Waals surface area contributed by atoms with E-state index in [0.717, 1.165) is 49.5 Å². The highest BCUT2D eigenvalue weighted by Gasteiger charge is 2.42. The van der Waals surface area contributed by atoms with Crippen molar-refractivity contribution >= 4 is 23.1 Å². The number of piperidine rings is 1. The third-order valence-corrected chi connectivity index (χ3v) is 7.29. The van der Waals surface area contributed by atoms with Crippen LogP contribution in [-0.4, -0.2) is 45.3 Å². The third kappa shape index (κ3) is 3.61. The van der Waals surface area contributed by atoms with Crippen LogP contribution in [0.1, 0.15) is 29.7 Å². The smallest absolute Gasteiger partial charge is 0.224 e. The third-order valence-electron chi connectivity index (χ3n) is 6.07. The summed E-state index contributed by atoms with van der Waals surface area (Å²) in [4.78, 5) is 21.6. The van der Waals surface area contributed by atoms with E-state index >= 15 is 0 Å². The number of pyridine rings is 1. The number of hydrogen-bond donors (Lipinski definition) is 1. The van der Waals surface area contributed by atoms with Crippen LogP contribution in [0.4, 0.5) is 5.82 Å². The molecule has 156 valence electrons. The second-order valence-electron chi connectivity index (χ2n) is 7.89. The van der Waals surface area contributed by atoms with Crippen LogP contribution in [0.2, 0.25) is 0 Å². The summed E-state index contributed by atoms with van der Waals surface area (Å²) < 4.78 is 8.16. The molecule has 7 nitrogen and oxygen atoms in total. The molecule has 2 aliphatic rings. The Morgan fingerprint density at radius 2 is 2.13 bits per heavy atom. The molecule has 5 rings (SSSR count). The van der Waals surface area contributed by atoms with Gasteiger partial charge in [-0.3, -0.25) is 9.48 Å². The van der Waals surface area contributed by atoms with Crippen molar-refractivity contribution in [3.8, 4) is 10.6 Å². The summed E-state index contributed by atoms with van der Waals surface area (Å²) in [5.41, 5.74) is 7.78. The van der Waals surface area contributed by atoms with E-state index in [0.29, 0.717) is 18.8 Å². The van der Waals surface area contributed by atoms with Crippen molar-refractivity contribution in [2.24, 2.45) is 0 Å². The number of hydrogen-bond acceptors (Lipinski definition) is 6. The minimum Gasteiger partial charge on any atom is -0.384 e. The number of aromatic nitrogens is 3. The zero-order chi connectivity index (χ0) is 20.6. The summed E-state index contributed by atoms with van der Waals surface area (Å²) in [5.74, 6) is 0.720. The van der Waals surface area contributed by atoms with Crippen molar-refractivity contribution < 1.29 is 9.53 Å². The van der Waals surface area contributed by atoms with Gasteiger partial charge in [-0.2, -0.15) is 5.10 Å². The highest BCUT2D eigenvalue weighted by atomic mass is 32.1. The molecule has 0 bridgehead atoms. The molecule has 0 aromatic carbocycles. The summed E-state index contributed by atoms with van der Waals surface area (Å²) in [6.07, 6.45) is 6.68. The van der Waals surface area contributed by atoms with E-state index in [-0.39, 0.29) is 11.5 Å². The number of anilines is 1. The lowest BCUT2D eigenvalue weighted by atomic mass is 9.82. The standard InChI is InChI=1S/C22H25N5O2S/c23-20-4-1-3-17(25-20)19-15-16-18(30-19)6-14-29-22(16)7-12-26(13-8-22)21(28)5-11-27-10-2-9-24-27/h1-4,9-10,15H,5-8,11-14H2,(H2,23,25). The van der Waals surface area contributed by atoms with Gasteiger partial charge in [0.25, 0.3) is 0 Å². The number of thiophene rings is 1. The summed E-state index contributed by atoms with van der Waals surface area (Å²) in [6, 6.07) is 9.86. The van der Waals surface area contributed by atoms with Crippen molar-refractivity contribution in [3.63, 3.8) is 0 Å². The molecule has 2 aliphatic heterocycles. The minimum atomic E-state index is -0.290. The Bertz CT molecular complexity index is 1040. The molecule has 0 saturated carbocycles. The van der Waals surface area contributed by atoms with Gasteiger partial charge in [0, 0.05) is 49.7 Å². The first kappa shape index (κ1) is 19.3. The van der Waals surface area contributed by atoms with Gasteiger partial charge in [0.15, 0.2) is 0 Å². The summed E-state index contributed by atoms with van der Waals surface area (Å²) in [6.45, 7) is 2.79.